The van der Waals surface area contributed by atoms with Gasteiger partial charge in [-0.05, 0) is 30.8 Å². The lowest BCUT2D eigenvalue weighted by atomic mass is 10.2. The number of hydrogen-bond acceptors (Lipinski definition) is 5. The van der Waals surface area contributed by atoms with E-state index in [2.05, 4.69) is 15.2 Å². The quantitative estimate of drug-likeness (QED) is 0.852. The van der Waals surface area contributed by atoms with E-state index in [9.17, 15) is 13.2 Å². The minimum Gasteiger partial charge on any atom is -0.309 e. The summed E-state index contributed by atoms with van der Waals surface area (Å²) < 4.78 is 39.5. The van der Waals surface area contributed by atoms with Crippen molar-refractivity contribution in [2.75, 3.05) is 0 Å². The molecular weight excluding hydrogens is 291 g/mol. The van der Waals surface area contributed by atoms with Gasteiger partial charge in [0.25, 0.3) is 0 Å². The van der Waals surface area contributed by atoms with Gasteiger partial charge in [0.15, 0.2) is 5.16 Å². The SMILES string of the molecule is Cc1nnc(Sc2nc(C(F)(F)F)ccc2C#N)n1C. The summed E-state index contributed by atoms with van der Waals surface area (Å²) in [7, 11) is 1.68. The third-order valence-corrected chi connectivity index (χ3v) is 3.55. The number of rotatable bonds is 2. The van der Waals surface area contributed by atoms with Gasteiger partial charge in [0.1, 0.15) is 22.6 Å². The van der Waals surface area contributed by atoms with Gasteiger partial charge in [-0.2, -0.15) is 18.4 Å². The van der Waals surface area contributed by atoms with E-state index in [4.69, 9.17) is 5.26 Å². The molecule has 0 bridgehead atoms. The van der Waals surface area contributed by atoms with Gasteiger partial charge in [0.05, 0.1) is 5.56 Å². The van der Waals surface area contributed by atoms with Crippen LogP contribution in [0.15, 0.2) is 22.3 Å². The highest BCUT2D eigenvalue weighted by molar-refractivity contribution is 7.99. The molecule has 0 radical (unpaired) electrons. The van der Waals surface area contributed by atoms with Crippen LogP contribution in [0.5, 0.6) is 0 Å². The van der Waals surface area contributed by atoms with Crippen LogP contribution in [0, 0.1) is 18.3 Å². The number of alkyl halides is 3. The lowest BCUT2D eigenvalue weighted by Crippen LogP contribution is -2.09. The summed E-state index contributed by atoms with van der Waals surface area (Å²) in [5.74, 6) is 0.609. The van der Waals surface area contributed by atoms with Gasteiger partial charge in [-0.3, -0.25) is 0 Å². The molecule has 0 aromatic carbocycles. The first-order chi connectivity index (χ1) is 9.32. The third kappa shape index (κ3) is 2.75. The Labute approximate surface area is 116 Å². The van der Waals surface area contributed by atoms with Crippen molar-refractivity contribution >= 4 is 11.8 Å². The summed E-state index contributed by atoms with van der Waals surface area (Å²) in [6.45, 7) is 1.71. The fourth-order valence-corrected chi connectivity index (χ4v) is 2.22. The largest absolute Gasteiger partial charge is 0.433 e. The summed E-state index contributed by atoms with van der Waals surface area (Å²) in [6, 6.07) is 3.69. The van der Waals surface area contributed by atoms with Crippen LogP contribution in [0.2, 0.25) is 0 Å². The van der Waals surface area contributed by atoms with Crippen LogP contribution >= 0.6 is 11.8 Å². The average Bonchev–Trinajstić information content (AvgIpc) is 2.69. The van der Waals surface area contributed by atoms with Gasteiger partial charge in [-0.15, -0.1) is 10.2 Å². The van der Waals surface area contributed by atoms with E-state index in [1.807, 2.05) is 6.07 Å². The number of pyridine rings is 1. The molecular formula is C11H8F3N5S. The van der Waals surface area contributed by atoms with Crippen molar-refractivity contribution in [3.8, 4) is 6.07 Å². The molecule has 0 aliphatic rings. The van der Waals surface area contributed by atoms with E-state index in [1.54, 1.807) is 18.5 Å². The van der Waals surface area contributed by atoms with Crippen molar-refractivity contribution < 1.29 is 13.2 Å². The maximum Gasteiger partial charge on any atom is 0.433 e. The zero-order chi connectivity index (χ0) is 14.9. The predicted molar refractivity (Wildman–Crippen MR) is 63.8 cm³/mol. The first-order valence-corrected chi connectivity index (χ1v) is 6.16. The molecule has 0 aliphatic heterocycles. The van der Waals surface area contributed by atoms with E-state index >= 15 is 0 Å². The van der Waals surface area contributed by atoms with Crippen LogP contribution in [-0.4, -0.2) is 19.7 Å². The highest BCUT2D eigenvalue weighted by Crippen LogP contribution is 2.32. The zero-order valence-electron chi connectivity index (χ0n) is 10.4. The predicted octanol–water partition coefficient (Wildman–Crippen LogP) is 2.56. The molecule has 2 aromatic rings. The number of nitrogens with zero attached hydrogens (tertiary/aromatic N) is 5. The third-order valence-electron chi connectivity index (χ3n) is 2.51. The summed E-state index contributed by atoms with van der Waals surface area (Å²) in [6.07, 6.45) is -4.56. The van der Waals surface area contributed by atoms with Crippen molar-refractivity contribution in [1.82, 2.24) is 19.7 Å². The van der Waals surface area contributed by atoms with E-state index in [0.717, 1.165) is 23.9 Å². The maximum atomic E-state index is 12.6. The lowest BCUT2D eigenvalue weighted by Gasteiger charge is -2.08. The van der Waals surface area contributed by atoms with Crippen LogP contribution < -0.4 is 0 Å². The monoisotopic (exact) mass is 299 g/mol. The summed E-state index contributed by atoms with van der Waals surface area (Å²) in [5.41, 5.74) is -0.985. The van der Waals surface area contributed by atoms with Gasteiger partial charge >= 0.3 is 6.18 Å². The summed E-state index contributed by atoms with van der Waals surface area (Å²) in [5, 5.41) is 16.9. The Morgan fingerprint density at radius 1 is 1.30 bits per heavy atom. The molecule has 104 valence electrons. The molecule has 9 heteroatoms. The second-order valence-corrected chi connectivity index (χ2v) is 4.81. The number of aromatic nitrogens is 4. The first-order valence-electron chi connectivity index (χ1n) is 5.35. The molecule has 0 saturated carbocycles. The second kappa shape index (κ2) is 5.13. The van der Waals surface area contributed by atoms with Crippen LogP contribution in [-0.2, 0) is 13.2 Å². The number of nitriles is 1. The minimum atomic E-state index is -4.56. The minimum absolute atomic E-state index is 0.0437. The summed E-state index contributed by atoms with van der Waals surface area (Å²) in [4.78, 5) is 3.49. The smallest absolute Gasteiger partial charge is 0.309 e. The Balaban J connectivity index is 2.44. The Morgan fingerprint density at radius 3 is 2.50 bits per heavy atom. The lowest BCUT2D eigenvalue weighted by molar-refractivity contribution is -0.141. The van der Waals surface area contributed by atoms with Crippen molar-refractivity contribution in [2.24, 2.45) is 7.05 Å². The molecule has 0 fully saturated rings. The zero-order valence-corrected chi connectivity index (χ0v) is 11.2. The van der Waals surface area contributed by atoms with E-state index in [0.29, 0.717) is 11.0 Å². The molecule has 0 saturated heterocycles. The van der Waals surface area contributed by atoms with Crippen LogP contribution in [0.3, 0.4) is 0 Å². The number of halogens is 3. The van der Waals surface area contributed by atoms with Gasteiger partial charge < -0.3 is 4.57 Å². The maximum absolute atomic E-state index is 12.6. The van der Waals surface area contributed by atoms with Crippen LogP contribution in [0.4, 0.5) is 13.2 Å². The molecule has 0 atom stereocenters. The Morgan fingerprint density at radius 2 is 2.00 bits per heavy atom. The Bertz CT molecular complexity index is 686. The first kappa shape index (κ1) is 14.3. The standard InChI is InChI=1S/C11H8F3N5S/c1-6-17-18-10(19(6)2)20-9-7(5-15)3-4-8(16-9)11(12,13)14/h3-4H,1-2H3. The summed E-state index contributed by atoms with van der Waals surface area (Å²) >= 11 is 0.872. The molecule has 20 heavy (non-hydrogen) atoms. The van der Waals surface area contributed by atoms with Crippen molar-refractivity contribution in [3.63, 3.8) is 0 Å². The van der Waals surface area contributed by atoms with Gasteiger partial charge in [-0.25, -0.2) is 4.98 Å². The van der Waals surface area contributed by atoms with E-state index in [-0.39, 0.29) is 10.6 Å². The fourth-order valence-electron chi connectivity index (χ4n) is 1.32. The second-order valence-electron chi connectivity index (χ2n) is 3.85. The molecule has 2 aromatic heterocycles. The van der Waals surface area contributed by atoms with Crippen molar-refractivity contribution in [1.29, 1.82) is 5.26 Å². The highest BCUT2D eigenvalue weighted by Gasteiger charge is 2.33. The van der Waals surface area contributed by atoms with Crippen LogP contribution in [0.25, 0.3) is 0 Å². The molecule has 5 nitrogen and oxygen atoms in total. The molecule has 0 aliphatic carbocycles. The molecule has 0 unspecified atom stereocenters. The van der Waals surface area contributed by atoms with E-state index < -0.39 is 11.9 Å². The molecule has 0 N–H and O–H groups in total. The van der Waals surface area contributed by atoms with Gasteiger partial charge in [0, 0.05) is 7.05 Å². The topological polar surface area (TPSA) is 67.4 Å². The van der Waals surface area contributed by atoms with E-state index in [1.165, 1.54) is 0 Å². The van der Waals surface area contributed by atoms with Crippen molar-refractivity contribution in [3.05, 3.63) is 29.2 Å². The van der Waals surface area contributed by atoms with Gasteiger partial charge in [0.2, 0.25) is 0 Å². The number of hydrogen-bond donors (Lipinski definition) is 0. The Kier molecular flexibility index (Phi) is 3.67. The van der Waals surface area contributed by atoms with Crippen molar-refractivity contribution in [2.45, 2.75) is 23.3 Å². The highest BCUT2D eigenvalue weighted by atomic mass is 32.2. The molecule has 2 heterocycles. The number of aryl methyl sites for hydroxylation is 1. The van der Waals surface area contributed by atoms with Crippen LogP contribution in [0.1, 0.15) is 17.1 Å². The normalized spacial score (nSPS) is 11.4. The fraction of sp³-hybridized carbons (Fsp3) is 0.273. The average molecular weight is 299 g/mol. The Hall–Kier alpha value is -2.08. The molecule has 0 spiro atoms. The van der Waals surface area contributed by atoms with Gasteiger partial charge in [-0.1, -0.05) is 0 Å². The molecule has 2 rings (SSSR count). The molecule has 0 amide bonds.